The van der Waals surface area contributed by atoms with Gasteiger partial charge in [0.2, 0.25) is 20.0 Å². The molecular weight excluding hydrogens is 536 g/mol. The van der Waals surface area contributed by atoms with Crippen LogP contribution in [0.3, 0.4) is 0 Å². The van der Waals surface area contributed by atoms with Crippen LogP contribution in [0.25, 0.3) is 0 Å². The molecule has 3 aromatic carbocycles. The maximum Gasteiger partial charge on any atom is 0.243 e. The van der Waals surface area contributed by atoms with Crippen LogP contribution in [0.1, 0.15) is 24.0 Å². The number of hydrogen-bond donors (Lipinski definition) is 1. The fraction of sp³-hybridized carbons (Fsp3) is 0.308. The Labute approximate surface area is 223 Å². The molecule has 37 heavy (non-hydrogen) atoms. The predicted octanol–water partition coefficient (Wildman–Crippen LogP) is 4.20. The van der Waals surface area contributed by atoms with Crippen molar-refractivity contribution in [2.45, 2.75) is 41.8 Å². The van der Waals surface area contributed by atoms with Gasteiger partial charge in [-0.3, -0.25) is 0 Å². The number of nitrogens with zero attached hydrogens (tertiary/aromatic N) is 1. The Hall–Kier alpha value is -2.47. The van der Waals surface area contributed by atoms with Crippen LogP contribution in [-0.2, 0) is 37.9 Å². The van der Waals surface area contributed by atoms with Gasteiger partial charge in [-0.15, -0.1) is 0 Å². The Morgan fingerprint density at radius 1 is 0.892 bits per heavy atom. The number of halogens is 1. The fourth-order valence-corrected chi connectivity index (χ4v) is 6.59. The molecule has 1 aliphatic rings. The van der Waals surface area contributed by atoms with Crippen LogP contribution in [-0.4, -0.2) is 47.5 Å². The van der Waals surface area contributed by atoms with Gasteiger partial charge < -0.3 is 9.47 Å². The molecule has 1 saturated heterocycles. The van der Waals surface area contributed by atoms with Gasteiger partial charge >= 0.3 is 0 Å². The lowest BCUT2D eigenvalue weighted by Gasteiger charge is -2.23. The first kappa shape index (κ1) is 27.6. The highest BCUT2D eigenvalue weighted by molar-refractivity contribution is 7.89. The highest BCUT2D eigenvalue weighted by atomic mass is 35.5. The molecule has 0 saturated carbocycles. The van der Waals surface area contributed by atoms with Crippen molar-refractivity contribution in [1.82, 2.24) is 9.03 Å². The average molecular weight is 565 g/mol. The Bertz CT molecular complexity index is 1390. The first-order chi connectivity index (χ1) is 17.7. The monoisotopic (exact) mass is 564 g/mol. The first-order valence-corrected chi connectivity index (χ1v) is 15.1. The first-order valence-electron chi connectivity index (χ1n) is 11.8. The smallest absolute Gasteiger partial charge is 0.243 e. The lowest BCUT2D eigenvalue weighted by atomic mass is 10.2. The van der Waals surface area contributed by atoms with Crippen molar-refractivity contribution < 1.29 is 26.3 Å². The SMILES string of the molecule is COc1ccc(CN(Cc2ccc(Cl)cc2)S(=O)(=O)c2ccc(S(=O)(=O)NC[C@@H]3CCCO3)cc2)cc1. The van der Waals surface area contributed by atoms with Crippen molar-refractivity contribution in [2.75, 3.05) is 20.3 Å². The molecule has 1 aliphatic heterocycles. The Morgan fingerprint density at radius 2 is 1.46 bits per heavy atom. The van der Waals surface area contributed by atoms with Crippen LogP contribution in [0.4, 0.5) is 0 Å². The summed E-state index contributed by atoms with van der Waals surface area (Å²) in [5.74, 6) is 0.667. The molecule has 0 radical (unpaired) electrons. The van der Waals surface area contributed by atoms with E-state index in [4.69, 9.17) is 21.1 Å². The van der Waals surface area contributed by atoms with Crippen LogP contribution in [0, 0.1) is 0 Å². The van der Waals surface area contributed by atoms with Crippen LogP contribution in [0.5, 0.6) is 5.75 Å². The Kier molecular flexibility index (Phi) is 8.89. The van der Waals surface area contributed by atoms with E-state index in [-0.39, 0.29) is 35.5 Å². The average Bonchev–Trinajstić information content (AvgIpc) is 3.43. The summed E-state index contributed by atoms with van der Waals surface area (Å²) in [6, 6.07) is 19.3. The summed E-state index contributed by atoms with van der Waals surface area (Å²) in [6.45, 7) is 1.02. The number of sulfonamides is 2. The maximum absolute atomic E-state index is 13.7. The third-order valence-electron chi connectivity index (χ3n) is 6.09. The summed E-state index contributed by atoms with van der Waals surface area (Å²) in [6.07, 6.45) is 1.56. The molecule has 11 heteroatoms. The molecular formula is C26H29ClN2O6S2. The van der Waals surface area contributed by atoms with E-state index in [0.29, 0.717) is 17.4 Å². The standard InChI is InChI=1S/C26H29ClN2O6S2/c1-34-23-10-6-21(7-11-23)19-29(18-20-4-8-22(27)9-5-20)37(32,33)26-14-12-25(13-15-26)36(30,31)28-17-24-3-2-16-35-24/h4-15,24,28H,2-3,16-19H2,1H3/t24-/m0/s1. The molecule has 0 spiro atoms. The second kappa shape index (κ2) is 11.9. The molecule has 1 heterocycles. The number of nitrogens with one attached hydrogen (secondary N) is 1. The Morgan fingerprint density at radius 3 is 2.00 bits per heavy atom. The quantitative estimate of drug-likeness (QED) is 0.374. The highest BCUT2D eigenvalue weighted by Gasteiger charge is 2.26. The van der Waals surface area contributed by atoms with Crippen molar-refractivity contribution in [1.29, 1.82) is 0 Å². The zero-order valence-electron chi connectivity index (χ0n) is 20.3. The zero-order valence-corrected chi connectivity index (χ0v) is 22.7. The van der Waals surface area contributed by atoms with E-state index in [0.717, 1.165) is 24.0 Å². The molecule has 198 valence electrons. The molecule has 4 rings (SSSR count). The fourth-order valence-electron chi connectivity index (χ4n) is 3.99. The van der Waals surface area contributed by atoms with Crippen molar-refractivity contribution in [2.24, 2.45) is 0 Å². The number of benzene rings is 3. The summed E-state index contributed by atoms with van der Waals surface area (Å²) < 4.78 is 67.3. The molecule has 1 fully saturated rings. The lowest BCUT2D eigenvalue weighted by molar-refractivity contribution is 0.114. The largest absolute Gasteiger partial charge is 0.497 e. The van der Waals surface area contributed by atoms with E-state index in [1.54, 1.807) is 55.6 Å². The summed E-state index contributed by atoms with van der Waals surface area (Å²) >= 11 is 6.00. The van der Waals surface area contributed by atoms with E-state index >= 15 is 0 Å². The van der Waals surface area contributed by atoms with E-state index in [1.165, 1.54) is 28.6 Å². The normalized spacial score (nSPS) is 16.2. The molecule has 0 amide bonds. The van der Waals surface area contributed by atoms with Crippen molar-refractivity contribution in [3.63, 3.8) is 0 Å². The van der Waals surface area contributed by atoms with Gasteiger partial charge in [-0.2, -0.15) is 4.31 Å². The van der Waals surface area contributed by atoms with Crippen molar-refractivity contribution in [3.8, 4) is 5.75 Å². The second-order valence-electron chi connectivity index (χ2n) is 8.71. The molecule has 3 aromatic rings. The number of ether oxygens (including phenoxy) is 2. The van der Waals surface area contributed by atoms with E-state index in [2.05, 4.69) is 4.72 Å². The predicted molar refractivity (Wildman–Crippen MR) is 141 cm³/mol. The number of methoxy groups -OCH3 is 1. The second-order valence-corrected chi connectivity index (χ2v) is 12.8. The minimum atomic E-state index is -3.98. The van der Waals surface area contributed by atoms with Gasteiger partial charge in [-0.25, -0.2) is 21.6 Å². The Balaban J connectivity index is 1.57. The van der Waals surface area contributed by atoms with E-state index in [9.17, 15) is 16.8 Å². The van der Waals surface area contributed by atoms with Crippen molar-refractivity contribution >= 4 is 31.6 Å². The van der Waals surface area contributed by atoms with Gasteiger partial charge in [0.25, 0.3) is 0 Å². The van der Waals surface area contributed by atoms with Gasteiger partial charge in [0.05, 0.1) is 23.0 Å². The number of hydrogen-bond acceptors (Lipinski definition) is 6. The summed E-state index contributed by atoms with van der Waals surface area (Å²) in [7, 11) is -6.21. The lowest BCUT2D eigenvalue weighted by Crippen LogP contribution is -2.32. The van der Waals surface area contributed by atoms with Gasteiger partial charge in [0.1, 0.15) is 5.75 Å². The summed E-state index contributed by atoms with van der Waals surface area (Å²) in [5.41, 5.74) is 1.54. The van der Waals surface area contributed by atoms with Gasteiger partial charge in [-0.1, -0.05) is 35.9 Å². The minimum Gasteiger partial charge on any atom is -0.497 e. The van der Waals surface area contributed by atoms with Crippen molar-refractivity contribution in [3.05, 3.63) is 88.9 Å². The molecule has 1 atom stereocenters. The molecule has 0 aromatic heterocycles. The molecule has 0 aliphatic carbocycles. The topological polar surface area (TPSA) is 102 Å². The third kappa shape index (κ3) is 7.10. The maximum atomic E-state index is 13.7. The van der Waals surface area contributed by atoms with Gasteiger partial charge in [0.15, 0.2) is 0 Å². The highest BCUT2D eigenvalue weighted by Crippen LogP contribution is 2.24. The van der Waals surface area contributed by atoms with Gasteiger partial charge in [0, 0.05) is 31.3 Å². The van der Waals surface area contributed by atoms with Crippen LogP contribution in [0.15, 0.2) is 82.6 Å². The van der Waals surface area contributed by atoms with Gasteiger partial charge in [-0.05, 0) is 72.5 Å². The van der Waals surface area contributed by atoms with Crippen LogP contribution < -0.4 is 9.46 Å². The van der Waals surface area contributed by atoms with Crippen LogP contribution >= 0.6 is 11.6 Å². The number of rotatable bonds is 11. The van der Waals surface area contributed by atoms with Crippen LogP contribution in [0.2, 0.25) is 5.02 Å². The van der Waals surface area contributed by atoms with E-state index < -0.39 is 20.0 Å². The minimum absolute atomic E-state index is 0.00643. The molecule has 0 unspecified atom stereocenters. The third-order valence-corrected chi connectivity index (χ3v) is 9.58. The van der Waals surface area contributed by atoms with E-state index in [1.807, 2.05) is 0 Å². The molecule has 8 nitrogen and oxygen atoms in total. The molecule has 0 bridgehead atoms. The summed E-state index contributed by atoms with van der Waals surface area (Å²) in [5, 5.41) is 0.554. The summed E-state index contributed by atoms with van der Waals surface area (Å²) in [4.78, 5) is -0.0168. The molecule has 1 N–H and O–H groups in total. The zero-order chi connectivity index (χ0) is 26.5.